The highest BCUT2D eigenvalue weighted by atomic mass is 32.2. The van der Waals surface area contributed by atoms with Gasteiger partial charge in [-0.1, -0.05) is 12.1 Å². The second-order valence-electron chi connectivity index (χ2n) is 4.66. The Bertz CT molecular complexity index is 405. The number of carbonyl (C=O) groups is 1. The van der Waals surface area contributed by atoms with E-state index in [0.29, 0.717) is 19.1 Å². The molecule has 2 unspecified atom stereocenters. The fourth-order valence-electron chi connectivity index (χ4n) is 2.12. The van der Waals surface area contributed by atoms with Crippen LogP contribution < -0.4 is 5.32 Å². The number of thioether (sulfide) groups is 1. The van der Waals surface area contributed by atoms with Crippen LogP contribution in [0.4, 0.5) is 0 Å². The van der Waals surface area contributed by atoms with Gasteiger partial charge >= 0.3 is 0 Å². The van der Waals surface area contributed by atoms with Crippen molar-refractivity contribution in [2.24, 2.45) is 0 Å². The van der Waals surface area contributed by atoms with Crippen LogP contribution in [0.3, 0.4) is 0 Å². The molecule has 0 spiro atoms. The van der Waals surface area contributed by atoms with Gasteiger partial charge in [-0.25, -0.2) is 0 Å². The number of ketones is 1. The zero-order valence-electron chi connectivity index (χ0n) is 10.8. The number of benzene rings is 1. The molecule has 1 aromatic carbocycles. The van der Waals surface area contributed by atoms with Gasteiger partial charge in [0.25, 0.3) is 0 Å². The number of hydrogen-bond acceptors (Lipinski definition) is 4. The summed E-state index contributed by atoms with van der Waals surface area (Å²) in [7, 11) is 0. The smallest absolute Gasteiger partial charge is 0.164 e. The summed E-state index contributed by atoms with van der Waals surface area (Å²) in [5.74, 6) is 0.179. The molecule has 0 saturated carbocycles. The van der Waals surface area contributed by atoms with E-state index in [9.17, 15) is 4.79 Å². The number of rotatable bonds is 4. The third-order valence-electron chi connectivity index (χ3n) is 3.05. The fourth-order valence-corrected chi connectivity index (χ4v) is 2.53. The number of Topliss-reactive ketones (excluding diaryl/α,β-unsaturated/α-hetero) is 1. The van der Waals surface area contributed by atoms with Crippen molar-refractivity contribution in [3.63, 3.8) is 0 Å². The summed E-state index contributed by atoms with van der Waals surface area (Å²) in [6, 6.07) is 8.26. The maximum Gasteiger partial charge on any atom is 0.164 e. The summed E-state index contributed by atoms with van der Waals surface area (Å²) < 4.78 is 5.45. The van der Waals surface area contributed by atoms with Crippen molar-refractivity contribution in [3.8, 4) is 0 Å². The summed E-state index contributed by atoms with van der Waals surface area (Å²) in [6.07, 6.45) is 2.53. The van der Waals surface area contributed by atoms with Crippen LogP contribution in [-0.4, -0.2) is 37.3 Å². The Balaban J connectivity index is 1.94. The normalized spacial score (nSPS) is 23.9. The summed E-state index contributed by atoms with van der Waals surface area (Å²) in [5, 5.41) is 3.39. The quantitative estimate of drug-likeness (QED) is 0.670. The van der Waals surface area contributed by atoms with E-state index in [0.717, 1.165) is 12.2 Å². The first-order valence-electron chi connectivity index (χ1n) is 6.20. The lowest BCUT2D eigenvalue weighted by Gasteiger charge is -2.28. The van der Waals surface area contributed by atoms with Crippen molar-refractivity contribution in [2.45, 2.75) is 30.3 Å². The molecular weight excluding hydrogens is 246 g/mol. The molecule has 1 fully saturated rings. The van der Waals surface area contributed by atoms with Gasteiger partial charge in [-0.05, 0) is 25.3 Å². The van der Waals surface area contributed by atoms with E-state index in [1.807, 2.05) is 30.5 Å². The number of carbonyl (C=O) groups excluding carboxylic acids is 1. The summed E-state index contributed by atoms with van der Waals surface area (Å²) in [5.41, 5.74) is 0.785. The molecule has 18 heavy (non-hydrogen) atoms. The van der Waals surface area contributed by atoms with Crippen molar-refractivity contribution in [1.82, 2.24) is 5.32 Å². The van der Waals surface area contributed by atoms with Gasteiger partial charge in [0, 0.05) is 29.0 Å². The highest BCUT2D eigenvalue weighted by Gasteiger charge is 2.21. The van der Waals surface area contributed by atoms with Crippen LogP contribution in [0.1, 0.15) is 23.7 Å². The average molecular weight is 265 g/mol. The van der Waals surface area contributed by atoms with E-state index in [2.05, 4.69) is 12.2 Å². The molecule has 98 valence electrons. The Hall–Kier alpha value is -0.840. The van der Waals surface area contributed by atoms with Crippen LogP contribution in [0.15, 0.2) is 29.2 Å². The van der Waals surface area contributed by atoms with E-state index in [-0.39, 0.29) is 11.8 Å². The molecule has 1 heterocycles. The van der Waals surface area contributed by atoms with Gasteiger partial charge in [0.2, 0.25) is 0 Å². The first kappa shape index (κ1) is 13.6. The van der Waals surface area contributed by atoms with Gasteiger partial charge in [0.05, 0.1) is 13.2 Å². The van der Waals surface area contributed by atoms with Crippen molar-refractivity contribution in [3.05, 3.63) is 29.8 Å². The predicted octanol–water partition coefficient (Wildman–Crippen LogP) is 2.36. The largest absolute Gasteiger partial charge is 0.378 e. The Labute approximate surface area is 112 Å². The average Bonchev–Trinajstić information content (AvgIpc) is 2.39. The Kier molecular flexibility index (Phi) is 4.80. The highest BCUT2D eigenvalue weighted by Crippen LogP contribution is 2.16. The molecule has 0 aliphatic carbocycles. The monoisotopic (exact) mass is 265 g/mol. The SMILES string of the molecule is CSc1ccc(C(=O)CC2COCC(C)N2)cc1. The van der Waals surface area contributed by atoms with Gasteiger partial charge in [0.1, 0.15) is 0 Å². The first-order valence-corrected chi connectivity index (χ1v) is 7.42. The molecule has 0 aromatic heterocycles. The molecule has 0 bridgehead atoms. The number of morpholine rings is 1. The molecule has 2 rings (SSSR count). The summed E-state index contributed by atoms with van der Waals surface area (Å²) in [6.45, 7) is 3.43. The lowest BCUT2D eigenvalue weighted by atomic mass is 10.0. The zero-order valence-corrected chi connectivity index (χ0v) is 11.6. The molecule has 1 N–H and O–H groups in total. The Morgan fingerprint density at radius 1 is 1.39 bits per heavy atom. The van der Waals surface area contributed by atoms with Crippen LogP contribution >= 0.6 is 11.8 Å². The van der Waals surface area contributed by atoms with E-state index < -0.39 is 0 Å². The molecule has 1 aliphatic heterocycles. The van der Waals surface area contributed by atoms with Crippen molar-refractivity contribution in [1.29, 1.82) is 0 Å². The molecule has 2 atom stereocenters. The molecule has 1 aromatic rings. The Morgan fingerprint density at radius 2 is 2.11 bits per heavy atom. The minimum absolute atomic E-state index is 0.140. The Morgan fingerprint density at radius 3 is 2.72 bits per heavy atom. The fraction of sp³-hybridized carbons (Fsp3) is 0.500. The van der Waals surface area contributed by atoms with Crippen LogP contribution in [-0.2, 0) is 4.74 Å². The third-order valence-corrected chi connectivity index (χ3v) is 3.79. The maximum atomic E-state index is 12.1. The van der Waals surface area contributed by atoms with Crippen LogP contribution in [0.25, 0.3) is 0 Å². The van der Waals surface area contributed by atoms with Gasteiger partial charge in [-0.3, -0.25) is 4.79 Å². The van der Waals surface area contributed by atoms with Crippen LogP contribution in [0.2, 0.25) is 0 Å². The maximum absolute atomic E-state index is 12.1. The minimum atomic E-state index is 0.140. The summed E-state index contributed by atoms with van der Waals surface area (Å²) in [4.78, 5) is 13.3. The van der Waals surface area contributed by atoms with Crippen molar-refractivity contribution >= 4 is 17.5 Å². The summed E-state index contributed by atoms with van der Waals surface area (Å²) >= 11 is 1.68. The number of hydrogen-bond donors (Lipinski definition) is 1. The lowest BCUT2D eigenvalue weighted by molar-refractivity contribution is 0.0463. The van der Waals surface area contributed by atoms with E-state index in [1.165, 1.54) is 4.90 Å². The standard InChI is InChI=1S/C14H19NO2S/c1-10-8-17-9-12(15-10)7-14(16)11-3-5-13(18-2)6-4-11/h3-6,10,12,15H,7-9H2,1-2H3. The lowest BCUT2D eigenvalue weighted by Crippen LogP contribution is -2.48. The predicted molar refractivity (Wildman–Crippen MR) is 74.4 cm³/mol. The third kappa shape index (κ3) is 3.57. The first-order chi connectivity index (χ1) is 8.69. The van der Waals surface area contributed by atoms with Crippen LogP contribution in [0, 0.1) is 0 Å². The van der Waals surface area contributed by atoms with Crippen molar-refractivity contribution in [2.75, 3.05) is 19.5 Å². The van der Waals surface area contributed by atoms with E-state index >= 15 is 0 Å². The van der Waals surface area contributed by atoms with Gasteiger partial charge < -0.3 is 10.1 Å². The second-order valence-corrected chi connectivity index (χ2v) is 5.54. The van der Waals surface area contributed by atoms with E-state index in [1.54, 1.807) is 11.8 Å². The van der Waals surface area contributed by atoms with Gasteiger partial charge in [0.15, 0.2) is 5.78 Å². The molecule has 0 amide bonds. The molecule has 0 radical (unpaired) electrons. The topological polar surface area (TPSA) is 38.3 Å². The molecule has 1 saturated heterocycles. The molecule has 1 aliphatic rings. The minimum Gasteiger partial charge on any atom is -0.378 e. The zero-order chi connectivity index (χ0) is 13.0. The van der Waals surface area contributed by atoms with E-state index in [4.69, 9.17) is 4.74 Å². The van der Waals surface area contributed by atoms with Gasteiger partial charge in [-0.15, -0.1) is 11.8 Å². The number of nitrogens with one attached hydrogen (secondary N) is 1. The van der Waals surface area contributed by atoms with Gasteiger partial charge in [-0.2, -0.15) is 0 Å². The molecular formula is C14H19NO2S. The van der Waals surface area contributed by atoms with Crippen LogP contribution in [0.5, 0.6) is 0 Å². The van der Waals surface area contributed by atoms with Crippen molar-refractivity contribution < 1.29 is 9.53 Å². The highest BCUT2D eigenvalue weighted by molar-refractivity contribution is 7.98. The second kappa shape index (κ2) is 6.36. The molecule has 3 nitrogen and oxygen atoms in total. The molecule has 4 heteroatoms. The number of ether oxygens (including phenoxy) is 1.